The van der Waals surface area contributed by atoms with Crippen LogP contribution in [0.1, 0.15) is 29.7 Å². The van der Waals surface area contributed by atoms with Gasteiger partial charge < -0.3 is 5.11 Å². The minimum atomic E-state index is 0.374. The molecule has 0 aliphatic carbocycles. The normalized spacial score (nSPS) is 16.9. The Kier molecular flexibility index (Phi) is 3.79. The Labute approximate surface area is 140 Å². The molecule has 0 unspecified atom stereocenters. The van der Waals surface area contributed by atoms with Crippen LogP contribution in [0.5, 0.6) is 5.75 Å². The summed E-state index contributed by atoms with van der Waals surface area (Å²) in [5.41, 5.74) is 7.00. The van der Waals surface area contributed by atoms with Crippen LogP contribution in [0.15, 0.2) is 41.9 Å². The van der Waals surface area contributed by atoms with Crippen LogP contribution in [0, 0.1) is 0 Å². The zero-order chi connectivity index (χ0) is 15.8. The van der Waals surface area contributed by atoms with Gasteiger partial charge in [0.1, 0.15) is 5.75 Å². The highest BCUT2D eigenvalue weighted by Gasteiger charge is 2.20. The van der Waals surface area contributed by atoms with E-state index in [2.05, 4.69) is 41.1 Å². The molecule has 3 nitrogen and oxygen atoms in total. The van der Waals surface area contributed by atoms with E-state index >= 15 is 0 Å². The Bertz CT molecular complexity index is 842. The smallest absolute Gasteiger partial charge is 0.115 e. The lowest BCUT2D eigenvalue weighted by Crippen LogP contribution is -2.29. The first-order chi connectivity index (χ1) is 11.2. The molecule has 3 aromatic rings. The zero-order valence-corrected chi connectivity index (χ0v) is 14.0. The Hall–Kier alpha value is -1.91. The molecule has 0 saturated carbocycles. The van der Waals surface area contributed by atoms with E-state index in [4.69, 9.17) is 0 Å². The van der Waals surface area contributed by atoms with Crippen LogP contribution in [0.3, 0.4) is 0 Å². The topological polar surface area (TPSA) is 36.4 Å². The molecule has 4 heteroatoms. The average Bonchev–Trinajstić information content (AvgIpc) is 2.93. The summed E-state index contributed by atoms with van der Waals surface area (Å²) < 4.78 is 1.25. The molecule has 1 N–H and O–H groups in total. The second-order valence-corrected chi connectivity index (χ2v) is 7.13. The van der Waals surface area contributed by atoms with Gasteiger partial charge in [-0.2, -0.15) is 0 Å². The van der Waals surface area contributed by atoms with E-state index in [1.165, 1.54) is 21.4 Å². The van der Waals surface area contributed by atoms with Crippen molar-refractivity contribution >= 4 is 21.6 Å². The van der Waals surface area contributed by atoms with Crippen molar-refractivity contribution in [2.45, 2.75) is 25.8 Å². The molecule has 0 saturated heterocycles. The van der Waals surface area contributed by atoms with Crippen LogP contribution in [-0.2, 0) is 12.8 Å². The number of phenols is 1. The monoisotopic (exact) mass is 324 g/mol. The Morgan fingerprint density at radius 2 is 1.91 bits per heavy atom. The van der Waals surface area contributed by atoms with Crippen molar-refractivity contribution in [3.8, 4) is 5.75 Å². The van der Waals surface area contributed by atoms with Gasteiger partial charge in [-0.3, -0.25) is 4.90 Å². The number of phenolic OH excluding ortho intramolecular Hbond substituents is 1. The second kappa shape index (κ2) is 5.95. The number of rotatable bonds is 2. The lowest BCUT2D eigenvalue weighted by atomic mass is 10.0. The minimum absolute atomic E-state index is 0.374. The van der Waals surface area contributed by atoms with E-state index < -0.39 is 0 Å². The van der Waals surface area contributed by atoms with E-state index in [0.717, 1.165) is 31.4 Å². The fraction of sp³-hybridized carbons (Fsp3) is 0.316. The third kappa shape index (κ3) is 2.84. The van der Waals surface area contributed by atoms with Gasteiger partial charge in [-0.25, -0.2) is 4.98 Å². The van der Waals surface area contributed by atoms with E-state index in [1.54, 1.807) is 17.4 Å². The molecule has 0 fully saturated rings. The standard InChI is InChI=1S/C19H20N2OS/c1-13(15-3-5-19-18(11-15)20-12-23-19)21-8-6-14-2-4-17(22)10-16(14)7-9-21/h2-5,10-13,22H,6-9H2,1H3/t13-/m1/s1. The van der Waals surface area contributed by atoms with Crippen LogP contribution >= 0.6 is 11.3 Å². The summed E-state index contributed by atoms with van der Waals surface area (Å²) in [4.78, 5) is 6.97. The minimum Gasteiger partial charge on any atom is -0.508 e. The van der Waals surface area contributed by atoms with Gasteiger partial charge in [0.2, 0.25) is 0 Å². The number of hydrogen-bond donors (Lipinski definition) is 1. The van der Waals surface area contributed by atoms with Crippen molar-refractivity contribution in [1.82, 2.24) is 9.88 Å². The van der Waals surface area contributed by atoms with Crippen LogP contribution in [0.2, 0.25) is 0 Å². The Morgan fingerprint density at radius 3 is 2.78 bits per heavy atom. The molecule has 4 rings (SSSR count). The molecule has 1 aliphatic heterocycles. The van der Waals surface area contributed by atoms with Gasteiger partial charge in [0.15, 0.2) is 0 Å². The van der Waals surface area contributed by atoms with Crippen LogP contribution < -0.4 is 0 Å². The number of thiazole rings is 1. The third-order valence-corrected chi connectivity index (χ3v) is 5.72. The highest BCUT2D eigenvalue weighted by Crippen LogP contribution is 2.28. The van der Waals surface area contributed by atoms with Crippen molar-refractivity contribution < 1.29 is 5.11 Å². The fourth-order valence-corrected chi connectivity index (χ4v) is 4.12. The second-order valence-electron chi connectivity index (χ2n) is 6.24. The molecule has 0 spiro atoms. The van der Waals surface area contributed by atoms with E-state index in [1.807, 2.05) is 11.6 Å². The van der Waals surface area contributed by atoms with Crippen LogP contribution in [-0.4, -0.2) is 28.1 Å². The Balaban J connectivity index is 1.56. The maximum absolute atomic E-state index is 9.69. The fourth-order valence-electron chi connectivity index (χ4n) is 3.46. The lowest BCUT2D eigenvalue weighted by Gasteiger charge is -2.28. The van der Waals surface area contributed by atoms with Crippen molar-refractivity contribution in [2.75, 3.05) is 13.1 Å². The summed E-state index contributed by atoms with van der Waals surface area (Å²) in [7, 11) is 0. The predicted molar refractivity (Wildman–Crippen MR) is 95.1 cm³/mol. The van der Waals surface area contributed by atoms with Crippen molar-refractivity contribution in [2.24, 2.45) is 0 Å². The molecule has 2 aromatic carbocycles. The van der Waals surface area contributed by atoms with Gasteiger partial charge in [0, 0.05) is 19.1 Å². The molecule has 23 heavy (non-hydrogen) atoms. The quantitative estimate of drug-likeness (QED) is 0.769. The van der Waals surface area contributed by atoms with Gasteiger partial charge in [0.05, 0.1) is 15.7 Å². The largest absolute Gasteiger partial charge is 0.508 e. The highest BCUT2D eigenvalue weighted by molar-refractivity contribution is 7.16. The lowest BCUT2D eigenvalue weighted by molar-refractivity contribution is 0.221. The maximum atomic E-state index is 9.69. The summed E-state index contributed by atoms with van der Waals surface area (Å²) in [5, 5.41) is 9.69. The molecule has 1 atom stereocenters. The van der Waals surface area contributed by atoms with Crippen LogP contribution in [0.4, 0.5) is 0 Å². The van der Waals surface area contributed by atoms with Gasteiger partial charge in [0.25, 0.3) is 0 Å². The summed E-state index contributed by atoms with van der Waals surface area (Å²) in [6.07, 6.45) is 2.03. The number of benzene rings is 2. The van der Waals surface area contributed by atoms with Gasteiger partial charge >= 0.3 is 0 Å². The van der Waals surface area contributed by atoms with E-state index in [0.29, 0.717) is 11.8 Å². The summed E-state index contributed by atoms with van der Waals surface area (Å²) >= 11 is 1.69. The summed E-state index contributed by atoms with van der Waals surface area (Å²) in [6, 6.07) is 12.8. The number of aromatic nitrogens is 1. The van der Waals surface area contributed by atoms with E-state index in [9.17, 15) is 5.11 Å². The number of hydrogen-bond acceptors (Lipinski definition) is 4. The van der Waals surface area contributed by atoms with Crippen molar-refractivity contribution in [3.05, 3.63) is 58.6 Å². The predicted octanol–water partition coefficient (Wildman–Crippen LogP) is 4.16. The van der Waals surface area contributed by atoms with Gasteiger partial charge in [-0.1, -0.05) is 12.1 Å². The zero-order valence-electron chi connectivity index (χ0n) is 13.2. The molecule has 2 heterocycles. The van der Waals surface area contributed by atoms with Crippen LogP contribution in [0.25, 0.3) is 10.2 Å². The first kappa shape index (κ1) is 14.7. The molecular weight excluding hydrogens is 304 g/mol. The van der Waals surface area contributed by atoms with Gasteiger partial charge in [-0.15, -0.1) is 11.3 Å². The number of fused-ring (bicyclic) bond motifs is 2. The first-order valence-corrected chi connectivity index (χ1v) is 8.96. The van der Waals surface area contributed by atoms with E-state index in [-0.39, 0.29) is 0 Å². The molecule has 0 radical (unpaired) electrons. The molecule has 0 bridgehead atoms. The summed E-state index contributed by atoms with van der Waals surface area (Å²) in [6.45, 7) is 4.35. The first-order valence-electron chi connectivity index (χ1n) is 8.09. The molecule has 1 aliphatic rings. The summed E-state index contributed by atoms with van der Waals surface area (Å²) in [5.74, 6) is 0.374. The SMILES string of the molecule is C[C@H](c1ccc2scnc2c1)N1CCc2ccc(O)cc2CC1. The van der Waals surface area contributed by atoms with Gasteiger partial charge in [-0.05, 0) is 60.7 Å². The molecule has 1 aromatic heterocycles. The molecule has 0 amide bonds. The Morgan fingerprint density at radius 1 is 1.09 bits per heavy atom. The maximum Gasteiger partial charge on any atom is 0.115 e. The average molecular weight is 324 g/mol. The number of nitrogens with zero attached hydrogens (tertiary/aromatic N) is 2. The van der Waals surface area contributed by atoms with Crippen molar-refractivity contribution in [3.63, 3.8) is 0 Å². The molecular formula is C19H20N2OS. The number of aromatic hydroxyl groups is 1. The third-order valence-electron chi connectivity index (χ3n) is 4.91. The highest BCUT2D eigenvalue weighted by atomic mass is 32.1. The molecule has 118 valence electrons. The van der Waals surface area contributed by atoms with Crippen molar-refractivity contribution in [1.29, 1.82) is 0 Å².